The Labute approximate surface area is 82.1 Å². The van der Waals surface area contributed by atoms with E-state index in [1.165, 1.54) is 11.8 Å². The molecular weight excluding hydrogens is 190 g/mol. The second-order valence-corrected chi connectivity index (χ2v) is 3.68. The second kappa shape index (κ2) is 7.91. The van der Waals surface area contributed by atoms with Crippen molar-refractivity contribution in [3.63, 3.8) is 0 Å². The van der Waals surface area contributed by atoms with Gasteiger partial charge in [-0.3, -0.25) is 9.59 Å². The monoisotopic (exact) mass is 205 g/mol. The lowest BCUT2D eigenvalue weighted by molar-refractivity contribution is -0.136. The van der Waals surface area contributed by atoms with E-state index in [2.05, 4.69) is 5.32 Å². The summed E-state index contributed by atoms with van der Waals surface area (Å²) in [5.74, 6) is 0.653. The maximum Gasteiger partial charge on any atom is 0.304 e. The highest BCUT2D eigenvalue weighted by atomic mass is 32.2. The first-order chi connectivity index (χ1) is 6.16. The lowest BCUT2D eigenvalue weighted by Crippen LogP contribution is -2.24. The fourth-order valence-electron chi connectivity index (χ4n) is 0.649. The molecule has 0 aliphatic heterocycles. The summed E-state index contributed by atoms with van der Waals surface area (Å²) in [6, 6.07) is 0. The maximum absolute atomic E-state index is 10.7. The molecule has 0 aromatic heterocycles. The Balaban J connectivity index is 3.08. The molecule has 0 unspecified atom stereocenters. The van der Waals surface area contributed by atoms with Crippen LogP contribution in [0.25, 0.3) is 0 Å². The molecule has 0 saturated heterocycles. The molecule has 76 valence electrons. The molecule has 5 heteroatoms. The van der Waals surface area contributed by atoms with Gasteiger partial charge in [0.2, 0.25) is 5.91 Å². The highest BCUT2D eigenvalue weighted by Gasteiger charge is 1.97. The Morgan fingerprint density at radius 2 is 2.08 bits per heavy atom. The van der Waals surface area contributed by atoms with E-state index >= 15 is 0 Å². The lowest BCUT2D eigenvalue weighted by atomic mass is 10.4. The second-order valence-electron chi connectivity index (χ2n) is 2.46. The van der Waals surface area contributed by atoms with E-state index < -0.39 is 5.97 Å². The molecule has 0 atom stereocenters. The molecule has 0 aliphatic rings. The quantitative estimate of drug-likeness (QED) is 0.601. The molecule has 0 saturated carbocycles. The van der Waals surface area contributed by atoms with Crippen molar-refractivity contribution in [1.29, 1.82) is 0 Å². The summed E-state index contributed by atoms with van der Waals surface area (Å²) in [6.07, 6.45) is 0.687. The van der Waals surface area contributed by atoms with Gasteiger partial charge in [-0.25, -0.2) is 0 Å². The molecule has 1 amide bonds. The summed E-state index contributed by atoms with van der Waals surface area (Å²) in [5, 5.41) is 11.0. The molecule has 0 radical (unpaired) electrons. The van der Waals surface area contributed by atoms with Crippen molar-refractivity contribution in [3.8, 4) is 0 Å². The fourth-order valence-corrected chi connectivity index (χ4v) is 1.42. The molecule has 0 aromatic rings. The topological polar surface area (TPSA) is 66.4 Å². The molecule has 4 nitrogen and oxygen atoms in total. The Hall–Kier alpha value is -0.710. The van der Waals surface area contributed by atoms with Gasteiger partial charge in [0.1, 0.15) is 0 Å². The Bertz CT molecular complexity index is 173. The lowest BCUT2D eigenvalue weighted by Gasteiger charge is -2.01. The number of amides is 1. The molecule has 0 fully saturated rings. The molecular formula is C8H15NO3S. The molecule has 0 aliphatic carbocycles. The van der Waals surface area contributed by atoms with Crippen molar-refractivity contribution in [1.82, 2.24) is 5.32 Å². The minimum absolute atomic E-state index is 0.0406. The third-order valence-electron chi connectivity index (χ3n) is 1.35. The highest BCUT2D eigenvalue weighted by molar-refractivity contribution is 7.99. The van der Waals surface area contributed by atoms with Gasteiger partial charge >= 0.3 is 5.97 Å². The minimum atomic E-state index is -0.773. The molecule has 13 heavy (non-hydrogen) atoms. The Morgan fingerprint density at radius 1 is 1.38 bits per heavy atom. The standard InChI is InChI=1S/C8H15NO3S/c1-2-7(10)9-4-6-13-5-3-8(11)12/h2-6H2,1H3,(H,9,10)(H,11,12). The zero-order valence-electron chi connectivity index (χ0n) is 7.71. The molecule has 0 rings (SSSR count). The van der Waals surface area contributed by atoms with Crippen LogP contribution in [0.15, 0.2) is 0 Å². The number of carboxylic acids is 1. The normalized spacial score (nSPS) is 9.62. The van der Waals surface area contributed by atoms with Gasteiger partial charge in [0, 0.05) is 24.5 Å². The van der Waals surface area contributed by atoms with Gasteiger partial charge < -0.3 is 10.4 Å². The van der Waals surface area contributed by atoms with Crippen LogP contribution in [-0.2, 0) is 9.59 Å². The maximum atomic E-state index is 10.7. The van der Waals surface area contributed by atoms with Crippen molar-refractivity contribution in [3.05, 3.63) is 0 Å². The van der Waals surface area contributed by atoms with Crippen LogP contribution < -0.4 is 5.32 Å². The predicted octanol–water partition coefficient (Wildman–Crippen LogP) is 0.720. The van der Waals surface area contributed by atoms with Gasteiger partial charge in [-0.1, -0.05) is 6.92 Å². The average Bonchev–Trinajstić information content (AvgIpc) is 2.10. The molecule has 0 spiro atoms. The minimum Gasteiger partial charge on any atom is -0.481 e. The van der Waals surface area contributed by atoms with Crippen LogP contribution >= 0.6 is 11.8 Å². The van der Waals surface area contributed by atoms with Crippen LogP contribution in [0.5, 0.6) is 0 Å². The van der Waals surface area contributed by atoms with Gasteiger partial charge in [0.05, 0.1) is 6.42 Å². The molecule has 2 N–H and O–H groups in total. The Morgan fingerprint density at radius 3 is 2.62 bits per heavy atom. The predicted molar refractivity (Wildman–Crippen MR) is 52.9 cm³/mol. The number of hydrogen-bond acceptors (Lipinski definition) is 3. The van der Waals surface area contributed by atoms with Crippen molar-refractivity contribution >= 4 is 23.6 Å². The van der Waals surface area contributed by atoms with E-state index in [9.17, 15) is 9.59 Å². The highest BCUT2D eigenvalue weighted by Crippen LogP contribution is 2.00. The number of rotatable bonds is 7. The van der Waals surface area contributed by atoms with Gasteiger partial charge in [0.25, 0.3) is 0 Å². The summed E-state index contributed by atoms with van der Waals surface area (Å²) < 4.78 is 0. The zero-order chi connectivity index (χ0) is 10.1. The van der Waals surface area contributed by atoms with E-state index in [0.29, 0.717) is 18.7 Å². The zero-order valence-corrected chi connectivity index (χ0v) is 8.52. The summed E-state index contributed by atoms with van der Waals surface area (Å²) in [7, 11) is 0. The summed E-state index contributed by atoms with van der Waals surface area (Å²) in [4.78, 5) is 20.8. The third kappa shape index (κ3) is 9.20. The van der Waals surface area contributed by atoms with Crippen LogP contribution in [0, 0.1) is 0 Å². The van der Waals surface area contributed by atoms with Crippen LogP contribution in [-0.4, -0.2) is 35.0 Å². The summed E-state index contributed by atoms with van der Waals surface area (Å²) in [5.41, 5.74) is 0. The van der Waals surface area contributed by atoms with E-state index in [-0.39, 0.29) is 12.3 Å². The molecule has 0 aromatic carbocycles. The number of aliphatic carboxylic acids is 1. The number of hydrogen-bond donors (Lipinski definition) is 2. The first-order valence-electron chi connectivity index (χ1n) is 4.23. The van der Waals surface area contributed by atoms with Crippen LogP contribution in [0.1, 0.15) is 19.8 Å². The van der Waals surface area contributed by atoms with Crippen LogP contribution in [0.3, 0.4) is 0 Å². The van der Waals surface area contributed by atoms with Crippen LogP contribution in [0.2, 0.25) is 0 Å². The van der Waals surface area contributed by atoms with Crippen LogP contribution in [0.4, 0.5) is 0 Å². The van der Waals surface area contributed by atoms with E-state index in [0.717, 1.165) is 5.75 Å². The van der Waals surface area contributed by atoms with Gasteiger partial charge in [-0.15, -0.1) is 0 Å². The number of carboxylic acid groups (broad SMARTS) is 1. The largest absolute Gasteiger partial charge is 0.481 e. The van der Waals surface area contributed by atoms with Crippen molar-refractivity contribution in [2.45, 2.75) is 19.8 Å². The first kappa shape index (κ1) is 12.3. The van der Waals surface area contributed by atoms with Crippen molar-refractivity contribution in [2.24, 2.45) is 0 Å². The summed E-state index contributed by atoms with van der Waals surface area (Å²) in [6.45, 7) is 2.42. The first-order valence-corrected chi connectivity index (χ1v) is 5.38. The van der Waals surface area contributed by atoms with E-state index in [1.54, 1.807) is 6.92 Å². The summed E-state index contributed by atoms with van der Waals surface area (Å²) >= 11 is 1.54. The Kier molecular flexibility index (Phi) is 7.48. The smallest absolute Gasteiger partial charge is 0.304 e. The number of nitrogens with one attached hydrogen (secondary N) is 1. The van der Waals surface area contributed by atoms with Gasteiger partial charge in [-0.05, 0) is 0 Å². The fraction of sp³-hybridized carbons (Fsp3) is 0.750. The number of carbonyl (C=O) groups excluding carboxylic acids is 1. The third-order valence-corrected chi connectivity index (χ3v) is 2.34. The molecule has 0 bridgehead atoms. The van der Waals surface area contributed by atoms with E-state index in [4.69, 9.17) is 5.11 Å². The van der Waals surface area contributed by atoms with Gasteiger partial charge in [0.15, 0.2) is 0 Å². The number of thioether (sulfide) groups is 1. The van der Waals surface area contributed by atoms with Crippen molar-refractivity contribution < 1.29 is 14.7 Å². The molecule has 0 heterocycles. The van der Waals surface area contributed by atoms with E-state index in [1.807, 2.05) is 0 Å². The average molecular weight is 205 g/mol. The van der Waals surface area contributed by atoms with Crippen molar-refractivity contribution in [2.75, 3.05) is 18.1 Å². The number of carbonyl (C=O) groups is 2. The van der Waals surface area contributed by atoms with Gasteiger partial charge in [-0.2, -0.15) is 11.8 Å². The SMILES string of the molecule is CCC(=O)NCCSCCC(=O)O.